The monoisotopic (exact) mass is 322 g/mol. The summed E-state index contributed by atoms with van der Waals surface area (Å²) >= 11 is 1.68. The van der Waals surface area contributed by atoms with E-state index in [0.29, 0.717) is 6.04 Å². The van der Waals surface area contributed by atoms with E-state index in [4.69, 9.17) is 0 Å². The highest BCUT2D eigenvalue weighted by atomic mass is 32.1. The minimum Gasteiger partial charge on any atom is -0.388 e. The fraction of sp³-hybridized carbons (Fsp3) is 0.778. The molecule has 0 aliphatic carbocycles. The molecule has 3 nitrogen and oxygen atoms in total. The zero-order valence-electron chi connectivity index (χ0n) is 13.5. The van der Waals surface area contributed by atoms with E-state index < -0.39 is 0 Å². The third kappa shape index (κ3) is 4.54. The average molecular weight is 323 g/mol. The van der Waals surface area contributed by atoms with Crippen LogP contribution in [0, 0.1) is 5.92 Å². The molecule has 0 amide bonds. The van der Waals surface area contributed by atoms with Crippen molar-refractivity contribution in [2.75, 3.05) is 26.2 Å². The van der Waals surface area contributed by atoms with Crippen molar-refractivity contribution >= 4 is 11.3 Å². The maximum Gasteiger partial charge on any atom is 0.0896 e. The van der Waals surface area contributed by atoms with Crippen LogP contribution < -0.4 is 5.32 Å². The van der Waals surface area contributed by atoms with Crippen LogP contribution in [0.15, 0.2) is 17.5 Å². The first-order valence-corrected chi connectivity index (χ1v) is 9.87. The lowest BCUT2D eigenvalue weighted by atomic mass is 9.95. The Kier molecular flexibility index (Phi) is 6.30. The number of hydrogen-bond acceptors (Lipinski definition) is 4. The Balaban J connectivity index is 1.59. The van der Waals surface area contributed by atoms with Crippen LogP contribution in [-0.4, -0.2) is 42.2 Å². The SMILES string of the molecule is OC(CC1CCCCCN1CC1CCNCC1)c1cccs1. The van der Waals surface area contributed by atoms with E-state index in [1.54, 1.807) is 11.3 Å². The molecule has 2 aliphatic rings. The predicted octanol–water partition coefficient (Wildman–Crippen LogP) is 3.42. The molecule has 2 unspecified atom stereocenters. The van der Waals surface area contributed by atoms with Gasteiger partial charge in [0.15, 0.2) is 0 Å². The van der Waals surface area contributed by atoms with E-state index in [2.05, 4.69) is 21.7 Å². The van der Waals surface area contributed by atoms with Crippen molar-refractivity contribution in [2.45, 2.75) is 57.1 Å². The molecular formula is C18H30N2OS. The van der Waals surface area contributed by atoms with E-state index in [1.807, 2.05) is 6.07 Å². The average Bonchev–Trinajstić information content (AvgIpc) is 3.00. The summed E-state index contributed by atoms with van der Waals surface area (Å²) in [5.41, 5.74) is 0. The molecule has 2 saturated heterocycles. The summed E-state index contributed by atoms with van der Waals surface area (Å²) in [6.45, 7) is 4.83. The Bertz CT molecular complexity index is 417. The highest BCUT2D eigenvalue weighted by Gasteiger charge is 2.27. The van der Waals surface area contributed by atoms with Crippen LogP contribution in [0.5, 0.6) is 0 Å². The van der Waals surface area contributed by atoms with E-state index in [1.165, 1.54) is 64.7 Å². The first-order chi connectivity index (χ1) is 10.8. The van der Waals surface area contributed by atoms with Gasteiger partial charge in [0.2, 0.25) is 0 Å². The smallest absolute Gasteiger partial charge is 0.0896 e. The third-order valence-electron chi connectivity index (χ3n) is 5.32. The molecule has 1 aromatic heterocycles. The molecule has 4 heteroatoms. The minimum atomic E-state index is -0.279. The second-order valence-corrected chi connectivity index (χ2v) is 7.94. The van der Waals surface area contributed by atoms with Gasteiger partial charge in [0.25, 0.3) is 0 Å². The summed E-state index contributed by atoms with van der Waals surface area (Å²) in [7, 11) is 0. The largest absolute Gasteiger partial charge is 0.388 e. The Labute approximate surface area is 138 Å². The van der Waals surface area contributed by atoms with Gasteiger partial charge in [-0.25, -0.2) is 0 Å². The zero-order valence-corrected chi connectivity index (χ0v) is 14.4. The van der Waals surface area contributed by atoms with Gasteiger partial charge in [-0.1, -0.05) is 18.9 Å². The van der Waals surface area contributed by atoms with Crippen molar-refractivity contribution in [3.05, 3.63) is 22.4 Å². The minimum absolute atomic E-state index is 0.279. The molecule has 0 bridgehead atoms. The summed E-state index contributed by atoms with van der Waals surface area (Å²) in [4.78, 5) is 3.84. The number of hydrogen-bond donors (Lipinski definition) is 2. The number of rotatable bonds is 5. The van der Waals surface area contributed by atoms with E-state index in [9.17, 15) is 5.11 Å². The Morgan fingerprint density at radius 3 is 2.86 bits per heavy atom. The van der Waals surface area contributed by atoms with Crippen LogP contribution in [0.3, 0.4) is 0 Å². The van der Waals surface area contributed by atoms with Gasteiger partial charge < -0.3 is 15.3 Å². The van der Waals surface area contributed by atoms with E-state index >= 15 is 0 Å². The van der Waals surface area contributed by atoms with Crippen molar-refractivity contribution in [2.24, 2.45) is 5.92 Å². The van der Waals surface area contributed by atoms with Gasteiger partial charge in [0, 0.05) is 17.5 Å². The van der Waals surface area contributed by atoms with Gasteiger partial charge in [-0.15, -0.1) is 11.3 Å². The molecule has 2 N–H and O–H groups in total. The molecule has 1 aromatic rings. The van der Waals surface area contributed by atoms with Crippen LogP contribution in [0.1, 0.15) is 55.9 Å². The summed E-state index contributed by atoms with van der Waals surface area (Å²) in [6, 6.07) is 4.68. The second-order valence-electron chi connectivity index (χ2n) is 6.96. The molecule has 2 fully saturated rings. The zero-order chi connectivity index (χ0) is 15.2. The molecule has 22 heavy (non-hydrogen) atoms. The van der Waals surface area contributed by atoms with Gasteiger partial charge in [0.1, 0.15) is 0 Å². The standard InChI is InChI=1S/C18H30N2OS/c21-17(18-6-4-12-22-18)13-16-5-2-1-3-11-20(16)14-15-7-9-19-10-8-15/h4,6,12,15-17,19,21H,1-3,5,7-11,13-14H2. The number of aliphatic hydroxyl groups excluding tert-OH is 1. The molecule has 124 valence electrons. The van der Waals surface area contributed by atoms with Gasteiger partial charge >= 0.3 is 0 Å². The van der Waals surface area contributed by atoms with Gasteiger partial charge in [-0.3, -0.25) is 0 Å². The number of aliphatic hydroxyl groups is 1. The normalized spacial score (nSPS) is 26.7. The lowest BCUT2D eigenvalue weighted by Gasteiger charge is -2.35. The summed E-state index contributed by atoms with van der Waals surface area (Å²) in [5.74, 6) is 0.848. The van der Waals surface area contributed by atoms with E-state index in [-0.39, 0.29) is 6.10 Å². The molecule has 0 aromatic carbocycles. The summed E-state index contributed by atoms with van der Waals surface area (Å²) in [6.07, 6.45) is 8.53. The van der Waals surface area contributed by atoms with Crippen molar-refractivity contribution in [1.29, 1.82) is 0 Å². The van der Waals surface area contributed by atoms with Gasteiger partial charge in [0.05, 0.1) is 6.10 Å². The maximum atomic E-state index is 10.6. The van der Waals surface area contributed by atoms with Crippen molar-refractivity contribution in [3.8, 4) is 0 Å². The molecule has 0 radical (unpaired) electrons. The van der Waals surface area contributed by atoms with E-state index in [0.717, 1.165) is 17.2 Å². The Hall–Kier alpha value is -0.420. The van der Waals surface area contributed by atoms with Gasteiger partial charge in [-0.05, 0) is 69.1 Å². The predicted molar refractivity (Wildman–Crippen MR) is 93.3 cm³/mol. The van der Waals surface area contributed by atoms with Crippen molar-refractivity contribution in [3.63, 3.8) is 0 Å². The molecule has 2 aliphatic heterocycles. The highest BCUT2D eigenvalue weighted by Crippen LogP contribution is 2.29. The van der Waals surface area contributed by atoms with Gasteiger partial charge in [-0.2, -0.15) is 0 Å². The van der Waals surface area contributed by atoms with Crippen molar-refractivity contribution in [1.82, 2.24) is 10.2 Å². The van der Waals surface area contributed by atoms with Crippen LogP contribution in [0.25, 0.3) is 0 Å². The fourth-order valence-electron chi connectivity index (χ4n) is 3.99. The first kappa shape index (κ1) is 16.4. The quantitative estimate of drug-likeness (QED) is 0.872. The Morgan fingerprint density at radius 1 is 1.23 bits per heavy atom. The van der Waals surface area contributed by atoms with Crippen LogP contribution in [0.4, 0.5) is 0 Å². The van der Waals surface area contributed by atoms with Crippen molar-refractivity contribution < 1.29 is 5.11 Å². The fourth-order valence-corrected chi connectivity index (χ4v) is 4.72. The van der Waals surface area contributed by atoms with Crippen LogP contribution >= 0.6 is 11.3 Å². The second kappa shape index (κ2) is 8.44. The van der Waals surface area contributed by atoms with Crippen LogP contribution in [-0.2, 0) is 0 Å². The lowest BCUT2D eigenvalue weighted by Crippen LogP contribution is -2.42. The maximum absolute atomic E-state index is 10.6. The topological polar surface area (TPSA) is 35.5 Å². The number of nitrogens with zero attached hydrogens (tertiary/aromatic N) is 1. The number of nitrogens with one attached hydrogen (secondary N) is 1. The highest BCUT2D eigenvalue weighted by molar-refractivity contribution is 7.10. The van der Waals surface area contributed by atoms with Crippen LogP contribution in [0.2, 0.25) is 0 Å². The summed E-state index contributed by atoms with van der Waals surface area (Å²) < 4.78 is 0. The molecule has 2 atom stereocenters. The summed E-state index contributed by atoms with van der Waals surface area (Å²) in [5, 5.41) is 16.1. The number of thiophene rings is 1. The number of piperidine rings is 1. The third-order valence-corrected chi connectivity index (χ3v) is 6.29. The molecule has 0 saturated carbocycles. The molecule has 0 spiro atoms. The molecular weight excluding hydrogens is 292 g/mol. The molecule has 3 heterocycles. The number of likely N-dealkylation sites (tertiary alicyclic amines) is 1. The first-order valence-electron chi connectivity index (χ1n) is 8.99. The lowest BCUT2D eigenvalue weighted by molar-refractivity contribution is 0.0892. The Morgan fingerprint density at radius 2 is 2.09 bits per heavy atom. The molecule has 3 rings (SSSR count).